The highest BCUT2D eigenvalue weighted by Crippen LogP contribution is 2.26. The number of ketones is 1. The number of thiophene rings is 1. The first-order chi connectivity index (χ1) is 7.87. The van der Waals surface area contributed by atoms with Crippen molar-refractivity contribution in [3.05, 3.63) is 22.4 Å². The number of rotatable bonds is 6. The predicted octanol–water partition coefficient (Wildman–Crippen LogP) is 4.71. The second-order valence-corrected chi connectivity index (χ2v) is 7.02. The number of carbonyl (C=O) groups excluding carboxylic acids is 1. The lowest BCUT2D eigenvalue weighted by molar-refractivity contribution is -0.120. The molecule has 0 saturated heterocycles. The van der Waals surface area contributed by atoms with Gasteiger partial charge in [-0.3, -0.25) is 4.79 Å². The Morgan fingerprint density at radius 3 is 2.65 bits per heavy atom. The molecule has 0 N–H and O–H groups in total. The number of hydrogen-bond acceptors (Lipinski definition) is 2. The van der Waals surface area contributed by atoms with Crippen molar-refractivity contribution in [1.29, 1.82) is 0 Å². The Morgan fingerprint density at radius 2 is 2.12 bits per heavy atom. The zero-order valence-electron chi connectivity index (χ0n) is 11.5. The molecule has 0 fully saturated rings. The molecule has 0 spiro atoms. The normalized spacial score (nSPS) is 13.6. The van der Waals surface area contributed by atoms with Crippen LogP contribution in [0.3, 0.4) is 0 Å². The third-order valence-electron chi connectivity index (χ3n) is 2.81. The molecular weight excluding hydrogens is 228 g/mol. The lowest BCUT2D eigenvalue weighted by atomic mass is 9.83. The van der Waals surface area contributed by atoms with Crippen LogP contribution in [0.2, 0.25) is 0 Å². The fraction of sp³-hybridized carbons (Fsp3) is 0.667. The largest absolute Gasteiger partial charge is 0.300 e. The Kier molecular flexibility index (Phi) is 5.38. The summed E-state index contributed by atoms with van der Waals surface area (Å²) in [5.74, 6) is 0.915. The third-order valence-corrected chi connectivity index (χ3v) is 3.54. The predicted molar refractivity (Wildman–Crippen MR) is 75.5 cm³/mol. The van der Waals surface area contributed by atoms with Crippen LogP contribution < -0.4 is 0 Å². The SMILES string of the molecule is CC(CC(=O)CCc1ccsc1)CC(C)(C)C. The lowest BCUT2D eigenvalue weighted by Gasteiger charge is -2.22. The average molecular weight is 252 g/mol. The summed E-state index contributed by atoms with van der Waals surface area (Å²) in [5, 5.41) is 4.20. The summed E-state index contributed by atoms with van der Waals surface area (Å²) in [6, 6.07) is 2.11. The van der Waals surface area contributed by atoms with E-state index in [1.165, 1.54) is 5.56 Å². The van der Waals surface area contributed by atoms with Crippen molar-refractivity contribution in [2.45, 2.75) is 53.4 Å². The van der Waals surface area contributed by atoms with Crippen LogP contribution in [-0.2, 0) is 11.2 Å². The molecule has 1 heterocycles. The van der Waals surface area contributed by atoms with E-state index in [4.69, 9.17) is 0 Å². The second kappa shape index (κ2) is 6.34. The maximum Gasteiger partial charge on any atom is 0.133 e. The second-order valence-electron chi connectivity index (χ2n) is 6.24. The topological polar surface area (TPSA) is 17.1 Å². The number of Topliss-reactive ketones (excluding diaryl/α,β-unsaturated/α-hetero) is 1. The smallest absolute Gasteiger partial charge is 0.133 e. The van der Waals surface area contributed by atoms with Crippen LogP contribution in [0.1, 0.15) is 52.5 Å². The van der Waals surface area contributed by atoms with Gasteiger partial charge in [0.25, 0.3) is 0 Å². The Balaban J connectivity index is 2.25. The standard InChI is InChI=1S/C15H24OS/c1-12(10-15(2,3)4)9-14(16)6-5-13-7-8-17-11-13/h7-8,11-12H,5-6,9-10H2,1-4H3. The maximum absolute atomic E-state index is 11.8. The minimum atomic E-state index is 0.326. The van der Waals surface area contributed by atoms with E-state index < -0.39 is 0 Å². The van der Waals surface area contributed by atoms with E-state index in [2.05, 4.69) is 44.5 Å². The highest BCUT2D eigenvalue weighted by Gasteiger charge is 2.17. The van der Waals surface area contributed by atoms with Gasteiger partial charge in [0.15, 0.2) is 0 Å². The van der Waals surface area contributed by atoms with Gasteiger partial charge in [-0.1, -0.05) is 27.7 Å². The monoisotopic (exact) mass is 252 g/mol. The van der Waals surface area contributed by atoms with E-state index in [1.807, 2.05) is 0 Å². The molecule has 0 amide bonds. The van der Waals surface area contributed by atoms with Crippen LogP contribution in [0.15, 0.2) is 16.8 Å². The molecule has 1 rings (SSSR count). The Bertz CT molecular complexity index is 332. The summed E-state index contributed by atoms with van der Waals surface area (Å²) >= 11 is 1.70. The molecule has 1 aromatic heterocycles. The Hall–Kier alpha value is -0.630. The van der Waals surface area contributed by atoms with Crippen LogP contribution >= 0.6 is 11.3 Å². The molecule has 1 nitrogen and oxygen atoms in total. The molecule has 0 aromatic carbocycles. The molecule has 1 aromatic rings. The molecule has 96 valence electrons. The maximum atomic E-state index is 11.8. The van der Waals surface area contributed by atoms with E-state index in [0.717, 1.165) is 19.3 Å². The fourth-order valence-electron chi connectivity index (χ4n) is 2.33. The first-order valence-corrected chi connectivity index (χ1v) is 7.34. The van der Waals surface area contributed by atoms with Crippen molar-refractivity contribution < 1.29 is 4.79 Å². The zero-order chi connectivity index (χ0) is 12.9. The Morgan fingerprint density at radius 1 is 1.41 bits per heavy atom. The molecule has 17 heavy (non-hydrogen) atoms. The van der Waals surface area contributed by atoms with Gasteiger partial charge in [-0.05, 0) is 46.6 Å². The third kappa shape index (κ3) is 6.62. The van der Waals surface area contributed by atoms with Gasteiger partial charge in [-0.25, -0.2) is 0 Å². The number of aryl methyl sites for hydroxylation is 1. The van der Waals surface area contributed by atoms with Gasteiger partial charge in [0.05, 0.1) is 0 Å². The summed E-state index contributed by atoms with van der Waals surface area (Å²) < 4.78 is 0. The molecular formula is C15H24OS. The lowest BCUT2D eigenvalue weighted by Crippen LogP contribution is -2.14. The van der Waals surface area contributed by atoms with E-state index in [-0.39, 0.29) is 0 Å². The summed E-state index contributed by atoms with van der Waals surface area (Å²) in [5.41, 5.74) is 1.62. The van der Waals surface area contributed by atoms with Crippen molar-refractivity contribution in [1.82, 2.24) is 0 Å². The molecule has 0 aliphatic rings. The van der Waals surface area contributed by atoms with Gasteiger partial charge >= 0.3 is 0 Å². The van der Waals surface area contributed by atoms with Gasteiger partial charge in [-0.2, -0.15) is 11.3 Å². The Labute approximate surface area is 109 Å². The highest BCUT2D eigenvalue weighted by molar-refractivity contribution is 7.07. The summed E-state index contributed by atoms with van der Waals surface area (Å²) in [6.07, 6.45) is 3.47. The van der Waals surface area contributed by atoms with Gasteiger partial charge in [0.2, 0.25) is 0 Å². The zero-order valence-corrected chi connectivity index (χ0v) is 12.3. The molecule has 0 aliphatic heterocycles. The molecule has 0 saturated carbocycles. The highest BCUT2D eigenvalue weighted by atomic mass is 32.1. The van der Waals surface area contributed by atoms with Crippen LogP contribution in [0.25, 0.3) is 0 Å². The molecule has 1 unspecified atom stereocenters. The van der Waals surface area contributed by atoms with Crippen molar-refractivity contribution >= 4 is 17.1 Å². The molecule has 1 atom stereocenters. The van der Waals surface area contributed by atoms with Crippen LogP contribution in [0.5, 0.6) is 0 Å². The van der Waals surface area contributed by atoms with Gasteiger partial charge in [0.1, 0.15) is 5.78 Å². The number of hydrogen-bond donors (Lipinski definition) is 0. The molecule has 2 heteroatoms. The van der Waals surface area contributed by atoms with Gasteiger partial charge in [-0.15, -0.1) is 0 Å². The van der Waals surface area contributed by atoms with Crippen molar-refractivity contribution in [2.75, 3.05) is 0 Å². The van der Waals surface area contributed by atoms with Crippen LogP contribution in [0.4, 0.5) is 0 Å². The van der Waals surface area contributed by atoms with Crippen molar-refractivity contribution in [2.24, 2.45) is 11.3 Å². The van der Waals surface area contributed by atoms with Crippen LogP contribution in [0, 0.1) is 11.3 Å². The van der Waals surface area contributed by atoms with Crippen molar-refractivity contribution in [3.8, 4) is 0 Å². The molecule has 0 bridgehead atoms. The van der Waals surface area contributed by atoms with Crippen LogP contribution in [-0.4, -0.2) is 5.78 Å². The first-order valence-electron chi connectivity index (χ1n) is 6.39. The van der Waals surface area contributed by atoms with Crippen molar-refractivity contribution in [3.63, 3.8) is 0 Å². The van der Waals surface area contributed by atoms with E-state index in [0.29, 0.717) is 23.5 Å². The first kappa shape index (κ1) is 14.4. The van der Waals surface area contributed by atoms with Gasteiger partial charge < -0.3 is 0 Å². The van der Waals surface area contributed by atoms with Gasteiger partial charge in [0, 0.05) is 12.8 Å². The number of carbonyl (C=O) groups is 1. The summed E-state index contributed by atoms with van der Waals surface area (Å²) in [4.78, 5) is 11.8. The summed E-state index contributed by atoms with van der Waals surface area (Å²) in [6.45, 7) is 8.89. The van der Waals surface area contributed by atoms with E-state index in [1.54, 1.807) is 11.3 Å². The quantitative estimate of drug-likeness (QED) is 0.716. The van der Waals surface area contributed by atoms with E-state index in [9.17, 15) is 4.79 Å². The summed E-state index contributed by atoms with van der Waals surface area (Å²) in [7, 11) is 0. The molecule has 0 aliphatic carbocycles. The minimum Gasteiger partial charge on any atom is -0.300 e. The van der Waals surface area contributed by atoms with E-state index >= 15 is 0 Å². The molecule has 0 radical (unpaired) electrons. The average Bonchev–Trinajstić information content (AvgIpc) is 2.63. The minimum absolute atomic E-state index is 0.326. The fourth-order valence-corrected chi connectivity index (χ4v) is 3.03.